The summed E-state index contributed by atoms with van der Waals surface area (Å²) in [5.74, 6) is 0.720. The minimum absolute atomic E-state index is 0.0612. The molecule has 1 amide bonds. The number of nitrogens with one attached hydrogen (secondary N) is 1. The highest BCUT2D eigenvalue weighted by molar-refractivity contribution is 5.87. The van der Waals surface area contributed by atoms with Gasteiger partial charge < -0.3 is 20.7 Å². The van der Waals surface area contributed by atoms with Crippen molar-refractivity contribution < 1.29 is 9.53 Å². The van der Waals surface area contributed by atoms with Gasteiger partial charge >= 0.3 is 0 Å². The molecule has 0 radical (unpaired) electrons. The predicted octanol–water partition coefficient (Wildman–Crippen LogP) is 0.768. The normalized spacial score (nSPS) is 18.7. The highest BCUT2D eigenvalue weighted by Crippen LogP contribution is 2.23. The van der Waals surface area contributed by atoms with Crippen LogP contribution in [-0.2, 0) is 9.53 Å². The van der Waals surface area contributed by atoms with Gasteiger partial charge in [-0.3, -0.25) is 4.79 Å². The summed E-state index contributed by atoms with van der Waals surface area (Å²) in [6.45, 7) is 1.61. The lowest BCUT2D eigenvalue weighted by Gasteiger charge is -2.35. The van der Waals surface area contributed by atoms with Crippen LogP contribution < -0.4 is 16.0 Å². The van der Waals surface area contributed by atoms with Crippen molar-refractivity contribution in [1.29, 1.82) is 0 Å². The van der Waals surface area contributed by atoms with Crippen molar-refractivity contribution in [2.45, 2.75) is 6.04 Å². The average Bonchev–Trinajstić information content (AvgIpc) is 2.53. The van der Waals surface area contributed by atoms with Crippen molar-refractivity contribution >= 4 is 28.3 Å². The number of rotatable bonds is 2. The summed E-state index contributed by atoms with van der Waals surface area (Å²) in [6, 6.07) is 9.16. The number of nitrogens with zero attached hydrogens (tertiary/aromatic N) is 2. The summed E-state index contributed by atoms with van der Waals surface area (Å²) in [5, 5.41) is 3.66. The SMILES string of the molecule is CNC(=O)C1COCCN1c1ccc2cc(N)ccc2n1. The van der Waals surface area contributed by atoms with Crippen LogP contribution in [0, 0.1) is 0 Å². The Kier molecular flexibility index (Phi) is 3.62. The Labute approximate surface area is 122 Å². The first kappa shape index (κ1) is 13.6. The molecule has 1 atom stereocenters. The van der Waals surface area contributed by atoms with Crippen LogP contribution in [-0.4, -0.2) is 43.7 Å². The van der Waals surface area contributed by atoms with Crippen LogP contribution >= 0.6 is 0 Å². The molecular weight excluding hydrogens is 268 g/mol. The van der Waals surface area contributed by atoms with E-state index in [1.165, 1.54) is 0 Å². The monoisotopic (exact) mass is 286 g/mol. The van der Waals surface area contributed by atoms with Crippen molar-refractivity contribution in [1.82, 2.24) is 10.3 Å². The van der Waals surface area contributed by atoms with Gasteiger partial charge in [-0.05, 0) is 30.3 Å². The molecule has 0 aliphatic carbocycles. The second-order valence-electron chi connectivity index (χ2n) is 5.02. The van der Waals surface area contributed by atoms with E-state index in [2.05, 4.69) is 10.3 Å². The summed E-state index contributed by atoms with van der Waals surface area (Å²) in [6.07, 6.45) is 0. The average molecular weight is 286 g/mol. The number of amides is 1. The molecular formula is C15H18N4O2. The third kappa shape index (κ3) is 2.62. The molecule has 1 saturated heterocycles. The number of carbonyl (C=O) groups is 1. The third-order valence-electron chi connectivity index (χ3n) is 3.67. The number of nitrogens with two attached hydrogens (primary N) is 1. The first-order valence-corrected chi connectivity index (χ1v) is 6.91. The number of likely N-dealkylation sites (N-methyl/N-ethyl adjacent to an activating group) is 1. The Morgan fingerprint density at radius 1 is 1.43 bits per heavy atom. The van der Waals surface area contributed by atoms with Gasteiger partial charge in [0.1, 0.15) is 11.9 Å². The van der Waals surface area contributed by atoms with Crippen molar-refractivity contribution in [2.75, 3.05) is 37.4 Å². The zero-order chi connectivity index (χ0) is 14.8. The number of aromatic nitrogens is 1. The molecule has 6 nitrogen and oxygen atoms in total. The number of benzene rings is 1. The molecule has 6 heteroatoms. The number of pyridine rings is 1. The molecule has 21 heavy (non-hydrogen) atoms. The van der Waals surface area contributed by atoms with Gasteiger partial charge in [-0.2, -0.15) is 0 Å². The van der Waals surface area contributed by atoms with E-state index in [9.17, 15) is 4.79 Å². The van der Waals surface area contributed by atoms with Crippen molar-refractivity contribution in [3.63, 3.8) is 0 Å². The third-order valence-corrected chi connectivity index (χ3v) is 3.67. The smallest absolute Gasteiger partial charge is 0.244 e. The van der Waals surface area contributed by atoms with E-state index in [0.717, 1.165) is 16.7 Å². The number of anilines is 2. The van der Waals surface area contributed by atoms with Gasteiger partial charge in [-0.1, -0.05) is 0 Å². The summed E-state index contributed by atoms with van der Waals surface area (Å²) in [5.41, 5.74) is 7.36. The Morgan fingerprint density at radius 3 is 3.10 bits per heavy atom. The van der Waals surface area contributed by atoms with Crippen LogP contribution in [0.1, 0.15) is 0 Å². The minimum atomic E-state index is -0.345. The van der Waals surface area contributed by atoms with Crippen LogP contribution in [0.3, 0.4) is 0 Å². The molecule has 0 saturated carbocycles. The van der Waals surface area contributed by atoms with Crippen LogP contribution in [0.2, 0.25) is 0 Å². The second-order valence-corrected chi connectivity index (χ2v) is 5.02. The Balaban J connectivity index is 1.97. The van der Waals surface area contributed by atoms with Crippen molar-refractivity contribution in [3.8, 4) is 0 Å². The fourth-order valence-corrected chi connectivity index (χ4v) is 2.55. The van der Waals surface area contributed by atoms with Crippen LogP contribution in [0.25, 0.3) is 10.9 Å². The molecule has 1 unspecified atom stereocenters. The fraction of sp³-hybridized carbons (Fsp3) is 0.333. The first-order chi connectivity index (χ1) is 10.2. The first-order valence-electron chi connectivity index (χ1n) is 6.91. The number of hydrogen-bond donors (Lipinski definition) is 2. The summed E-state index contributed by atoms with van der Waals surface area (Å²) in [4.78, 5) is 18.6. The van der Waals surface area contributed by atoms with E-state index in [-0.39, 0.29) is 11.9 Å². The zero-order valence-corrected chi connectivity index (χ0v) is 11.9. The second kappa shape index (κ2) is 5.57. The molecule has 1 aliphatic heterocycles. The van der Waals surface area contributed by atoms with Crippen LogP contribution in [0.4, 0.5) is 11.5 Å². The van der Waals surface area contributed by atoms with Gasteiger partial charge in [0.25, 0.3) is 0 Å². The molecule has 3 rings (SSSR count). The van der Waals surface area contributed by atoms with Crippen molar-refractivity contribution in [3.05, 3.63) is 30.3 Å². The Bertz CT molecular complexity index is 674. The molecule has 1 aromatic heterocycles. The van der Waals surface area contributed by atoms with E-state index < -0.39 is 0 Å². The fourth-order valence-electron chi connectivity index (χ4n) is 2.55. The van der Waals surface area contributed by atoms with E-state index in [0.29, 0.717) is 25.4 Å². The Hall–Kier alpha value is -2.34. The molecule has 110 valence electrons. The maximum atomic E-state index is 12.0. The topological polar surface area (TPSA) is 80.5 Å². The highest BCUT2D eigenvalue weighted by Gasteiger charge is 2.29. The molecule has 3 N–H and O–H groups in total. The van der Waals surface area contributed by atoms with Gasteiger partial charge in [0.05, 0.1) is 18.7 Å². The molecule has 0 spiro atoms. The molecule has 1 aliphatic rings. The van der Waals surface area contributed by atoms with Gasteiger partial charge in [0.15, 0.2) is 0 Å². The summed E-state index contributed by atoms with van der Waals surface area (Å²) < 4.78 is 5.41. The maximum Gasteiger partial charge on any atom is 0.244 e. The lowest BCUT2D eigenvalue weighted by atomic mass is 10.1. The van der Waals surface area contributed by atoms with Crippen molar-refractivity contribution in [2.24, 2.45) is 0 Å². The predicted molar refractivity (Wildman–Crippen MR) is 82.2 cm³/mol. The van der Waals surface area contributed by atoms with Gasteiger partial charge in [0, 0.05) is 24.7 Å². The largest absolute Gasteiger partial charge is 0.399 e. The number of nitrogen functional groups attached to an aromatic ring is 1. The van der Waals surface area contributed by atoms with E-state index in [1.807, 2.05) is 35.2 Å². The maximum absolute atomic E-state index is 12.0. The quantitative estimate of drug-likeness (QED) is 0.797. The lowest BCUT2D eigenvalue weighted by Crippen LogP contribution is -2.53. The van der Waals surface area contributed by atoms with E-state index >= 15 is 0 Å². The van der Waals surface area contributed by atoms with Gasteiger partial charge in [-0.15, -0.1) is 0 Å². The molecule has 2 aromatic rings. The standard InChI is InChI=1S/C15H18N4O2/c1-17-15(20)13-9-21-7-6-19(13)14-5-2-10-8-11(16)3-4-12(10)18-14/h2-5,8,13H,6-7,9,16H2,1H3,(H,17,20). The number of morpholine rings is 1. The lowest BCUT2D eigenvalue weighted by molar-refractivity contribution is -0.124. The van der Waals surface area contributed by atoms with Gasteiger partial charge in [-0.25, -0.2) is 4.98 Å². The summed E-state index contributed by atoms with van der Waals surface area (Å²) >= 11 is 0. The van der Waals surface area contributed by atoms with E-state index in [4.69, 9.17) is 10.5 Å². The highest BCUT2D eigenvalue weighted by atomic mass is 16.5. The minimum Gasteiger partial charge on any atom is -0.399 e. The number of ether oxygens (including phenoxy) is 1. The molecule has 2 heterocycles. The number of carbonyl (C=O) groups excluding carboxylic acids is 1. The molecule has 1 aromatic carbocycles. The van der Waals surface area contributed by atoms with E-state index in [1.54, 1.807) is 7.05 Å². The molecule has 1 fully saturated rings. The number of fused-ring (bicyclic) bond motifs is 1. The zero-order valence-electron chi connectivity index (χ0n) is 11.9. The van der Waals surface area contributed by atoms with Gasteiger partial charge in [0.2, 0.25) is 5.91 Å². The van der Waals surface area contributed by atoms with Crippen LogP contribution in [0.5, 0.6) is 0 Å². The Morgan fingerprint density at radius 2 is 2.29 bits per heavy atom. The van der Waals surface area contributed by atoms with Crippen LogP contribution in [0.15, 0.2) is 30.3 Å². The number of hydrogen-bond acceptors (Lipinski definition) is 5. The summed E-state index contributed by atoms with van der Waals surface area (Å²) in [7, 11) is 1.63. The molecule has 0 bridgehead atoms.